The molecule has 5 nitrogen and oxygen atoms in total. The molecule has 0 saturated carbocycles. The molecule has 0 fully saturated rings. The van der Waals surface area contributed by atoms with Crippen LogP contribution in [-0.4, -0.2) is 21.0 Å². The van der Waals surface area contributed by atoms with Crippen molar-refractivity contribution < 1.29 is 9.90 Å². The van der Waals surface area contributed by atoms with Crippen LogP contribution < -0.4 is 5.32 Å². The van der Waals surface area contributed by atoms with Gasteiger partial charge < -0.3 is 15.4 Å². The first kappa shape index (κ1) is 11.2. The highest BCUT2D eigenvalue weighted by Gasteiger charge is 2.10. The van der Waals surface area contributed by atoms with Crippen LogP contribution in [0.4, 0.5) is 0 Å². The molecule has 0 aliphatic carbocycles. The minimum absolute atomic E-state index is 0.124. The highest BCUT2D eigenvalue weighted by Crippen LogP contribution is 2.19. The fourth-order valence-corrected chi connectivity index (χ4v) is 1.52. The van der Waals surface area contributed by atoms with E-state index in [0.29, 0.717) is 17.7 Å². The molecule has 0 unspecified atom stereocenters. The van der Waals surface area contributed by atoms with E-state index in [-0.39, 0.29) is 11.7 Å². The standard InChI is InChI=1S/C12H13N3O2/c1-8-10(3-2-4-11(8)16)12(17)14-6-9-5-13-7-15-9/h2-5,7,16H,6H2,1H3,(H,13,15)(H,14,17). The minimum Gasteiger partial charge on any atom is -0.508 e. The summed E-state index contributed by atoms with van der Waals surface area (Å²) >= 11 is 0. The molecular formula is C12H13N3O2. The van der Waals surface area contributed by atoms with Gasteiger partial charge in [0.2, 0.25) is 0 Å². The molecule has 0 aliphatic heterocycles. The van der Waals surface area contributed by atoms with E-state index in [9.17, 15) is 9.90 Å². The molecule has 0 spiro atoms. The molecule has 2 aromatic rings. The van der Waals surface area contributed by atoms with Crippen LogP contribution in [-0.2, 0) is 6.54 Å². The van der Waals surface area contributed by atoms with Crippen molar-refractivity contribution in [1.29, 1.82) is 0 Å². The number of imidazole rings is 1. The van der Waals surface area contributed by atoms with Gasteiger partial charge in [0.05, 0.1) is 18.6 Å². The molecule has 1 aromatic carbocycles. The average molecular weight is 231 g/mol. The molecule has 0 aliphatic rings. The summed E-state index contributed by atoms with van der Waals surface area (Å²) in [4.78, 5) is 18.6. The van der Waals surface area contributed by atoms with E-state index in [1.54, 1.807) is 37.6 Å². The highest BCUT2D eigenvalue weighted by molar-refractivity contribution is 5.96. The first-order chi connectivity index (χ1) is 8.18. The minimum atomic E-state index is -0.215. The maximum absolute atomic E-state index is 11.9. The van der Waals surface area contributed by atoms with E-state index in [1.165, 1.54) is 0 Å². The molecule has 1 heterocycles. The molecule has 0 bridgehead atoms. The van der Waals surface area contributed by atoms with Crippen LogP contribution in [0.2, 0.25) is 0 Å². The molecule has 2 rings (SSSR count). The Hall–Kier alpha value is -2.30. The number of aromatic amines is 1. The summed E-state index contributed by atoms with van der Waals surface area (Å²) < 4.78 is 0. The molecule has 0 radical (unpaired) electrons. The number of carbonyl (C=O) groups excluding carboxylic acids is 1. The monoisotopic (exact) mass is 231 g/mol. The van der Waals surface area contributed by atoms with Crippen LogP contribution in [0.3, 0.4) is 0 Å². The second kappa shape index (κ2) is 4.69. The second-order valence-corrected chi connectivity index (χ2v) is 3.71. The molecule has 3 N–H and O–H groups in total. The maximum Gasteiger partial charge on any atom is 0.252 e. The van der Waals surface area contributed by atoms with E-state index < -0.39 is 0 Å². The number of amides is 1. The van der Waals surface area contributed by atoms with Crippen molar-refractivity contribution in [3.63, 3.8) is 0 Å². The first-order valence-corrected chi connectivity index (χ1v) is 5.22. The number of H-pyrrole nitrogens is 1. The van der Waals surface area contributed by atoms with Crippen molar-refractivity contribution in [2.75, 3.05) is 0 Å². The predicted molar refractivity (Wildman–Crippen MR) is 62.6 cm³/mol. The zero-order valence-corrected chi connectivity index (χ0v) is 9.40. The third-order valence-corrected chi connectivity index (χ3v) is 2.54. The Bertz CT molecular complexity index is 521. The van der Waals surface area contributed by atoms with Crippen molar-refractivity contribution >= 4 is 5.91 Å². The van der Waals surface area contributed by atoms with E-state index in [0.717, 1.165) is 5.69 Å². The van der Waals surface area contributed by atoms with Crippen LogP contribution in [0.25, 0.3) is 0 Å². The van der Waals surface area contributed by atoms with Gasteiger partial charge in [-0.3, -0.25) is 4.79 Å². The Morgan fingerprint density at radius 3 is 3.06 bits per heavy atom. The Labute approximate surface area is 98.5 Å². The number of benzene rings is 1. The summed E-state index contributed by atoms with van der Waals surface area (Å²) in [6.45, 7) is 2.09. The van der Waals surface area contributed by atoms with Gasteiger partial charge in [0.15, 0.2) is 0 Å². The number of phenolic OH excluding ortho intramolecular Hbond substituents is 1. The van der Waals surface area contributed by atoms with Gasteiger partial charge in [-0.05, 0) is 19.1 Å². The van der Waals surface area contributed by atoms with Crippen molar-refractivity contribution in [2.45, 2.75) is 13.5 Å². The molecule has 0 saturated heterocycles. The van der Waals surface area contributed by atoms with Crippen LogP contribution >= 0.6 is 0 Å². The van der Waals surface area contributed by atoms with Crippen molar-refractivity contribution in [2.24, 2.45) is 0 Å². The number of phenols is 1. The zero-order valence-electron chi connectivity index (χ0n) is 9.40. The third-order valence-electron chi connectivity index (χ3n) is 2.54. The van der Waals surface area contributed by atoms with Gasteiger partial charge in [0.1, 0.15) is 5.75 Å². The Kier molecular flexibility index (Phi) is 3.09. The van der Waals surface area contributed by atoms with Gasteiger partial charge in [-0.2, -0.15) is 0 Å². The molecule has 17 heavy (non-hydrogen) atoms. The lowest BCUT2D eigenvalue weighted by molar-refractivity contribution is 0.0949. The number of carbonyl (C=O) groups is 1. The van der Waals surface area contributed by atoms with Crippen LogP contribution in [0.1, 0.15) is 21.6 Å². The molecule has 1 amide bonds. The summed E-state index contributed by atoms with van der Waals surface area (Å²) in [5.74, 6) is -0.0906. The van der Waals surface area contributed by atoms with Gasteiger partial charge in [0.25, 0.3) is 5.91 Å². The summed E-state index contributed by atoms with van der Waals surface area (Å²) in [6.07, 6.45) is 3.21. The number of hydrogen-bond donors (Lipinski definition) is 3. The smallest absolute Gasteiger partial charge is 0.252 e. The summed E-state index contributed by atoms with van der Waals surface area (Å²) in [6, 6.07) is 4.88. The largest absolute Gasteiger partial charge is 0.508 e. The summed E-state index contributed by atoms with van der Waals surface area (Å²) in [5, 5.41) is 12.3. The predicted octanol–water partition coefficient (Wildman–Crippen LogP) is 1.35. The lowest BCUT2D eigenvalue weighted by atomic mass is 10.1. The van der Waals surface area contributed by atoms with E-state index in [4.69, 9.17) is 0 Å². The second-order valence-electron chi connectivity index (χ2n) is 3.71. The fraction of sp³-hybridized carbons (Fsp3) is 0.167. The first-order valence-electron chi connectivity index (χ1n) is 5.22. The van der Waals surface area contributed by atoms with Gasteiger partial charge in [-0.25, -0.2) is 4.98 Å². The number of hydrogen-bond acceptors (Lipinski definition) is 3. The SMILES string of the molecule is Cc1c(O)cccc1C(=O)NCc1cnc[nH]1. The Morgan fingerprint density at radius 2 is 2.35 bits per heavy atom. The van der Waals surface area contributed by atoms with Crippen LogP contribution in [0, 0.1) is 6.92 Å². The number of rotatable bonds is 3. The Balaban J connectivity index is 2.07. The fourth-order valence-electron chi connectivity index (χ4n) is 1.52. The highest BCUT2D eigenvalue weighted by atomic mass is 16.3. The van der Waals surface area contributed by atoms with Crippen molar-refractivity contribution in [3.8, 4) is 5.75 Å². The lowest BCUT2D eigenvalue weighted by Gasteiger charge is -2.07. The molecule has 0 atom stereocenters. The average Bonchev–Trinajstić information content (AvgIpc) is 2.82. The Morgan fingerprint density at radius 1 is 1.53 bits per heavy atom. The number of aromatic hydroxyl groups is 1. The topological polar surface area (TPSA) is 78.0 Å². The van der Waals surface area contributed by atoms with E-state index in [1.807, 2.05) is 0 Å². The summed E-state index contributed by atoms with van der Waals surface area (Å²) in [5.41, 5.74) is 1.88. The number of nitrogens with one attached hydrogen (secondary N) is 2. The molecule has 88 valence electrons. The molecular weight excluding hydrogens is 218 g/mol. The van der Waals surface area contributed by atoms with Crippen molar-refractivity contribution in [1.82, 2.24) is 15.3 Å². The van der Waals surface area contributed by atoms with Crippen LogP contribution in [0.15, 0.2) is 30.7 Å². The zero-order chi connectivity index (χ0) is 12.3. The van der Waals surface area contributed by atoms with Gasteiger partial charge in [-0.15, -0.1) is 0 Å². The third kappa shape index (κ3) is 2.44. The van der Waals surface area contributed by atoms with Gasteiger partial charge in [-0.1, -0.05) is 6.07 Å². The lowest BCUT2D eigenvalue weighted by Crippen LogP contribution is -2.23. The quantitative estimate of drug-likeness (QED) is 0.746. The van der Waals surface area contributed by atoms with Gasteiger partial charge in [0, 0.05) is 17.3 Å². The maximum atomic E-state index is 11.9. The molecule has 5 heteroatoms. The number of nitrogens with zero attached hydrogens (tertiary/aromatic N) is 1. The van der Waals surface area contributed by atoms with Crippen LogP contribution in [0.5, 0.6) is 5.75 Å². The van der Waals surface area contributed by atoms with Crippen molar-refractivity contribution in [3.05, 3.63) is 47.5 Å². The number of aromatic nitrogens is 2. The van der Waals surface area contributed by atoms with Gasteiger partial charge >= 0.3 is 0 Å². The van der Waals surface area contributed by atoms with E-state index >= 15 is 0 Å². The summed E-state index contributed by atoms with van der Waals surface area (Å²) in [7, 11) is 0. The van der Waals surface area contributed by atoms with E-state index in [2.05, 4.69) is 15.3 Å². The normalized spacial score (nSPS) is 10.2. The molecule has 1 aromatic heterocycles.